The largest absolute Gasteiger partial charge is 0.372 e. The van der Waals surface area contributed by atoms with E-state index in [1.54, 1.807) is 0 Å². The van der Waals surface area contributed by atoms with Crippen molar-refractivity contribution in [2.45, 2.75) is 52.7 Å². The summed E-state index contributed by atoms with van der Waals surface area (Å²) in [6.45, 7) is 12.0. The first-order valence-corrected chi connectivity index (χ1v) is 7.10. The molecule has 2 atom stereocenters. The molecule has 3 N–H and O–H groups in total. The molecule has 102 valence electrons. The van der Waals surface area contributed by atoms with Crippen LogP contribution in [0.1, 0.15) is 40.5 Å². The number of rotatable bonds is 7. The van der Waals surface area contributed by atoms with E-state index in [0.717, 1.165) is 43.7 Å². The number of ether oxygens (including phenoxy) is 1. The zero-order chi connectivity index (χ0) is 12.8. The fourth-order valence-electron chi connectivity index (χ4n) is 2.76. The molecule has 1 rings (SSSR count). The number of hydrogen-bond donors (Lipinski definition) is 2. The van der Waals surface area contributed by atoms with Gasteiger partial charge in [0.2, 0.25) is 0 Å². The fourth-order valence-corrected chi connectivity index (χ4v) is 2.76. The highest BCUT2D eigenvalue weighted by atomic mass is 16.5. The van der Waals surface area contributed by atoms with Crippen LogP contribution in [0, 0.1) is 17.8 Å². The van der Waals surface area contributed by atoms with Gasteiger partial charge in [0.25, 0.3) is 0 Å². The monoisotopic (exact) mass is 242 g/mol. The van der Waals surface area contributed by atoms with Gasteiger partial charge >= 0.3 is 0 Å². The van der Waals surface area contributed by atoms with Crippen LogP contribution in [0.5, 0.6) is 0 Å². The quantitative estimate of drug-likeness (QED) is 0.718. The normalized spacial score (nSPS) is 25.4. The Bertz CT molecular complexity index is 198. The van der Waals surface area contributed by atoms with Gasteiger partial charge in [-0.1, -0.05) is 27.7 Å². The predicted octanol–water partition coefficient (Wildman–Crippen LogP) is 2.01. The molecule has 0 aromatic heterocycles. The molecule has 1 saturated heterocycles. The zero-order valence-corrected chi connectivity index (χ0v) is 11.9. The maximum absolute atomic E-state index is 5.83. The third kappa shape index (κ3) is 4.94. The number of nitrogens with one attached hydrogen (secondary N) is 1. The van der Waals surface area contributed by atoms with Crippen LogP contribution in [0.3, 0.4) is 0 Å². The minimum Gasteiger partial charge on any atom is -0.372 e. The first-order chi connectivity index (χ1) is 8.04. The van der Waals surface area contributed by atoms with Crippen molar-refractivity contribution in [2.75, 3.05) is 19.6 Å². The van der Waals surface area contributed by atoms with Crippen LogP contribution in [-0.2, 0) is 4.74 Å². The van der Waals surface area contributed by atoms with Gasteiger partial charge in [-0.2, -0.15) is 0 Å². The van der Waals surface area contributed by atoms with E-state index in [9.17, 15) is 0 Å². The highest BCUT2D eigenvalue weighted by molar-refractivity contribution is 4.77. The zero-order valence-electron chi connectivity index (χ0n) is 11.9. The Morgan fingerprint density at radius 3 is 2.18 bits per heavy atom. The summed E-state index contributed by atoms with van der Waals surface area (Å²) in [5.74, 6) is 2.23. The van der Waals surface area contributed by atoms with Crippen LogP contribution in [0.25, 0.3) is 0 Å². The third-order valence-electron chi connectivity index (χ3n) is 3.92. The van der Waals surface area contributed by atoms with Gasteiger partial charge in [-0.3, -0.25) is 0 Å². The molecule has 2 unspecified atom stereocenters. The molecule has 0 aromatic rings. The second-order valence-electron chi connectivity index (χ2n) is 6.00. The molecular weight excluding hydrogens is 212 g/mol. The summed E-state index contributed by atoms with van der Waals surface area (Å²) >= 11 is 0. The summed E-state index contributed by atoms with van der Waals surface area (Å²) in [7, 11) is 0. The number of nitrogens with two attached hydrogens (primary N) is 1. The molecule has 0 aromatic carbocycles. The molecule has 3 heteroatoms. The van der Waals surface area contributed by atoms with Crippen molar-refractivity contribution in [2.24, 2.45) is 23.5 Å². The summed E-state index contributed by atoms with van der Waals surface area (Å²) in [5.41, 5.74) is 5.61. The molecule has 0 aliphatic carbocycles. The minimum absolute atomic E-state index is 0.299. The maximum Gasteiger partial charge on any atom is 0.0704 e. The Labute approximate surface area is 106 Å². The lowest BCUT2D eigenvalue weighted by molar-refractivity contribution is 0.0492. The van der Waals surface area contributed by atoms with Crippen molar-refractivity contribution in [1.29, 1.82) is 0 Å². The predicted molar refractivity (Wildman–Crippen MR) is 73.0 cm³/mol. The van der Waals surface area contributed by atoms with E-state index in [4.69, 9.17) is 10.5 Å². The van der Waals surface area contributed by atoms with Crippen molar-refractivity contribution < 1.29 is 4.74 Å². The molecule has 0 radical (unpaired) electrons. The Hall–Kier alpha value is -0.120. The second kappa shape index (κ2) is 7.34. The van der Waals surface area contributed by atoms with Gasteiger partial charge in [-0.05, 0) is 37.1 Å². The Balaban J connectivity index is 2.18. The van der Waals surface area contributed by atoms with Crippen LogP contribution in [0.4, 0.5) is 0 Å². The first-order valence-electron chi connectivity index (χ1n) is 7.10. The van der Waals surface area contributed by atoms with E-state index in [1.807, 2.05) is 0 Å². The van der Waals surface area contributed by atoms with Crippen molar-refractivity contribution in [3.63, 3.8) is 0 Å². The van der Waals surface area contributed by atoms with Crippen LogP contribution in [-0.4, -0.2) is 31.8 Å². The number of hydrogen-bond acceptors (Lipinski definition) is 3. The van der Waals surface area contributed by atoms with Gasteiger partial charge in [0.05, 0.1) is 12.2 Å². The van der Waals surface area contributed by atoms with Crippen molar-refractivity contribution >= 4 is 0 Å². The summed E-state index contributed by atoms with van der Waals surface area (Å²) in [4.78, 5) is 0. The van der Waals surface area contributed by atoms with Crippen LogP contribution < -0.4 is 11.1 Å². The lowest BCUT2D eigenvalue weighted by Crippen LogP contribution is -2.35. The highest BCUT2D eigenvalue weighted by Gasteiger charge is 2.24. The molecule has 1 fully saturated rings. The van der Waals surface area contributed by atoms with Crippen LogP contribution in [0.15, 0.2) is 0 Å². The Morgan fingerprint density at radius 1 is 1.12 bits per heavy atom. The standard InChI is InChI=1S/C14H30N2O/c1-10(2)14(11(3)4)9-16-8-13-6-5-12(7-15)17-13/h10-14,16H,5-9,15H2,1-4H3. The van der Waals surface area contributed by atoms with Gasteiger partial charge in [0, 0.05) is 13.1 Å². The summed E-state index contributed by atoms with van der Waals surface area (Å²) in [5, 5.41) is 3.57. The SMILES string of the molecule is CC(C)C(CNCC1CCC(CN)O1)C(C)C. The van der Waals surface area contributed by atoms with E-state index in [2.05, 4.69) is 33.0 Å². The molecule has 0 bridgehead atoms. The average Bonchev–Trinajstić information content (AvgIpc) is 2.71. The highest BCUT2D eigenvalue weighted by Crippen LogP contribution is 2.21. The van der Waals surface area contributed by atoms with E-state index < -0.39 is 0 Å². The van der Waals surface area contributed by atoms with Gasteiger partial charge in [-0.25, -0.2) is 0 Å². The molecule has 3 nitrogen and oxygen atoms in total. The van der Waals surface area contributed by atoms with Crippen molar-refractivity contribution in [3.8, 4) is 0 Å². The summed E-state index contributed by atoms with van der Waals surface area (Å²) in [6, 6.07) is 0. The fraction of sp³-hybridized carbons (Fsp3) is 1.00. The van der Waals surface area contributed by atoms with Crippen molar-refractivity contribution in [1.82, 2.24) is 5.32 Å². The van der Waals surface area contributed by atoms with Gasteiger partial charge in [-0.15, -0.1) is 0 Å². The minimum atomic E-state index is 0.299. The average molecular weight is 242 g/mol. The van der Waals surface area contributed by atoms with E-state index >= 15 is 0 Å². The molecule has 0 spiro atoms. The first kappa shape index (κ1) is 14.9. The topological polar surface area (TPSA) is 47.3 Å². The van der Waals surface area contributed by atoms with E-state index in [-0.39, 0.29) is 0 Å². The molecule has 1 aliphatic rings. The van der Waals surface area contributed by atoms with Gasteiger partial charge < -0.3 is 15.8 Å². The molecule has 1 heterocycles. The molecule has 17 heavy (non-hydrogen) atoms. The van der Waals surface area contributed by atoms with E-state index in [0.29, 0.717) is 18.8 Å². The second-order valence-corrected chi connectivity index (χ2v) is 6.00. The molecule has 1 aliphatic heterocycles. The molecule has 0 saturated carbocycles. The molecule has 0 amide bonds. The Morgan fingerprint density at radius 2 is 1.71 bits per heavy atom. The summed E-state index contributed by atoms with van der Waals surface area (Å²) < 4.78 is 5.83. The lowest BCUT2D eigenvalue weighted by atomic mass is 9.85. The lowest BCUT2D eigenvalue weighted by Gasteiger charge is -2.26. The Kier molecular flexibility index (Phi) is 6.45. The van der Waals surface area contributed by atoms with Crippen molar-refractivity contribution in [3.05, 3.63) is 0 Å². The molecular formula is C14H30N2O. The smallest absolute Gasteiger partial charge is 0.0704 e. The third-order valence-corrected chi connectivity index (χ3v) is 3.92. The van der Waals surface area contributed by atoms with Gasteiger partial charge in [0.1, 0.15) is 0 Å². The van der Waals surface area contributed by atoms with E-state index in [1.165, 1.54) is 0 Å². The maximum atomic E-state index is 5.83. The van der Waals surface area contributed by atoms with Gasteiger partial charge in [0.15, 0.2) is 0 Å². The van der Waals surface area contributed by atoms with Crippen LogP contribution in [0.2, 0.25) is 0 Å². The van der Waals surface area contributed by atoms with Crippen LogP contribution >= 0.6 is 0 Å². The summed E-state index contributed by atoms with van der Waals surface area (Å²) in [6.07, 6.45) is 2.96.